The quantitative estimate of drug-likeness (QED) is 0.521. The third-order valence-electron chi connectivity index (χ3n) is 3.99. The molecule has 0 spiro atoms. The third-order valence-corrected chi connectivity index (χ3v) is 5.45. The van der Waals surface area contributed by atoms with Gasteiger partial charge in [0.15, 0.2) is 0 Å². The van der Waals surface area contributed by atoms with Crippen molar-refractivity contribution in [3.05, 3.63) is 18.2 Å². The molecule has 0 radical (unpaired) electrons. The Bertz CT molecular complexity index is 687. The zero-order valence-corrected chi connectivity index (χ0v) is 15.4. The second-order valence-electron chi connectivity index (χ2n) is 5.91. The predicted octanol–water partition coefficient (Wildman–Crippen LogP) is -0.763. The molecule has 1 fully saturated rings. The Morgan fingerprint density at radius 1 is 1.32 bits per heavy atom. The standard InChI is InChI=1S/C16H25N3O5S/c1-13(20)18-15-5-4-14(12-16(15)23-2)25(21,22)17-6-3-7-19-8-10-24-11-9-19/h4-5,12,17H,3,6-11H2,1-2H3,(H,18,20)/p+1. The van der Waals surface area contributed by atoms with Crippen molar-refractivity contribution in [2.75, 3.05) is 51.8 Å². The summed E-state index contributed by atoms with van der Waals surface area (Å²) in [7, 11) is -2.19. The monoisotopic (exact) mass is 372 g/mol. The van der Waals surface area contributed by atoms with E-state index in [0.29, 0.717) is 18.0 Å². The van der Waals surface area contributed by atoms with Crippen LogP contribution in [0.15, 0.2) is 23.1 Å². The normalized spacial score (nSPS) is 15.8. The van der Waals surface area contributed by atoms with Crippen molar-refractivity contribution in [3.63, 3.8) is 0 Å². The lowest BCUT2D eigenvalue weighted by atomic mass is 10.3. The van der Waals surface area contributed by atoms with Crippen LogP contribution in [0.1, 0.15) is 13.3 Å². The lowest BCUT2D eigenvalue weighted by molar-refractivity contribution is -0.908. The number of amides is 1. The minimum atomic E-state index is -3.62. The molecule has 0 bridgehead atoms. The number of carbonyl (C=O) groups is 1. The van der Waals surface area contributed by atoms with Crippen molar-refractivity contribution in [2.45, 2.75) is 18.2 Å². The number of nitrogens with one attached hydrogen (secondary N) is 3. The number of anilines is 1. The fourth-order valence-electron chi connectivity index (χ4n) is 2.67. The van der Waals surface area contributed by atoms with E-state index in [2.05, 4.69) is 10.0 Å². The summed E-state index contributed by atoms with van der Waals surface area (Å²) in [6.07, 6.45) is 0.760. The topological polar surface area (TPSA) is 98.2 Å². The summed E-state index contributed by atoms with van der Waals surface area (Å²) in [6, 6.07) is 4.37. The molecule has 1 aliphatic rings. The summed E-state index contributed by atoms with van der Waals surface area (Å²) in [6.45, 7) is 6.13. The Hall–Kier alpha value is -1.68. The van der Waals surface area contributed by atoms with Gasteiger partial charge in [-0.3, -0.25) is 4.79 Å². The van der Waals surface area contributed by atoms with Crippen LogP contribution in [-0.4, -0.2) is 60.8 Å². The number of quaternary nitrogens is 1. The van der Waals surface area contributed by atoms with Gasteiger partial charge in [-0.05, 0) is 12.1 Å². The Morgan fingerprint density at radius 2 is 2.04 bits per heavy atom. The highest BCUT2D eigenvalue weighted by Crippen LogP contribution is 2.27. The van der Waals surface area contributed by atoms with Crippen LogP contribution in [-0.2, 0) is 19.6 Å². The van der Waals surface area contributed by atoms with Crippen molar-refractivity contribution in [1.82, 2.24) is 4.72 Å². The molecule has 3 N–H and O–H groups in total. The number of ether oxygens (including phenoxy) is 2. The van der Waals surface area contributed by atoms with E-state index in [1.54, 1.807) is 0 Å². The second-order valence-corrected chi connectivity index (χ2v) is 7.67. The van der Waals surface area contributed by atoms with Crippen LogP contribution >= 0.6 is 0 Å². The zero-order valence-electron chi connectivity index (χ0n) is 14.6. The number of carbonyl (C=O) groups excluding carboxylic acids is 1. The fourth-order valence-corrected chi connectivity index (χ4v) is 3.76. The number of morpholine rings is 1. The lowest BCUT2D eigenvalue weighted by Gasteiger charge is -2.23. The van der Waals surface area contributed by atoms with Gasteiger partial charge in [-0.25, -0.2) is 13.1 Å². The number of sulfonamides is 1. The van der Waals surface area contributed by atoms with Crippen LogP contribution in [0.3, 0.4) is 0 Å². The summed E-state index contributed by atoms with van der Waals surface area (Å²) in [5.74, 6) is 0.0495. The molecule has 1 amide bonds. The van der Waals surface area contributed by atoms with E-state index < -0.39 is 10.0 Å². The minimum Gasteiger partial charge on any atom is -0.495 e. The molecule has 0 atom stereocenters. The van der Waals surface area contributed by atoms with Crippen LogP contribution in [0.25, 0.3) is 0 Å². The molecule has 140 valence electrons. The molecule has 1 aliphatic heterocycles. The van der Waals surface area contributed by atoms with Crippen LogP contribution in [0.4, 0.5) is 5.69 Å². The first kappa shape index (κ1) is 19.6. The molecule has 0 saturated carbocycles. The molecule has 1 aromatic carbocycles. The smallest absolute Gasteiger partial charge is 0.240 e. The Morgan fingerprint density at radius 3 is 2.68 bits per heavy atom. The van der Waals surface area contributed by atoms with Gasteiger partial charge in [-0.15, -0.1) is 0 Å². The van der Waals surface area contributed by atoms with Crippen LogP contribution in [0.5, 0.6) is 5.75 Å². The highest BCUT2D eigenvalue weighted by atomic mass is 32.2. The highest BCUT2D eigenvalue weighted by molar-refractivity contribution is 7.89. The maximum Gasteiger partial charge on any atom is 0.240 e. The number of rotatable bonds is 8. The van der Waals surface area contributed by atoms with Crippen molar-refractivity contribution in [2.24, 2.45) is 0 Å². The summed E-state index contributed by atoms with van der Waals surface area (Å²) in [4.78, 5) is 12.7. The number of methoxy groups -OCH3 is 1. The molecular formula is C16H26N3O5S+. The van der Waals surface area contributed by atoms with E-state index in [-0.39, 0.29) is 10.8 Å². The molecule has 9 heteroatoms. The van der Waals surface area contributed by atoms with Crippen LogP contribution < -0.4 is 19.7 Å². The summed E-state index contributed by atoms with van der Waals surface area (Å²) >= 11 is 0. The van der Waals surface area contributed by atoms with Crippen molar-refractivity contribution < 1.29 is 27.6 Å². The predicted molar refractivity (Wildman–Crippen MR) is 93.5 cm³/mol. The van der Waals surface area contributed by atoms with Gasteiger partial charge in [-0.2, -0.15) is 0 Å². The molecule has 1 saturated heterocycles. The van der Waals surface area contributed by atoms with Gasteiger partial charge in [0.05, 0.1) is 37.5 Å². The van der Waals surface area contributed by atoms with E-state index in [4.69, 9.17) is 9.47 Å². The Labute approximate surface area is 148 Å². The van der Waals surface area contributed by atoms with Gasteiger partial charge in [0.2, 0.25) is 15.9 Å². The third kappa shape index (κ3) is 5.96. The van der Waals surface area contributed by atoms with Gasteiger partial charge in [-0.1, -0.05) is 0 Å². The molecule has 0 aromatic heterocycles. The largest absolute Gasteiger partial charge is 0.495 e. The molecule has 2 rings (SSSR count). The number of hydrogen-bond acceptors (Lipinski definition) is 5. The molecule has 1 aromatic rings. The van der Waals surface area contributed by atoms with E-state index in [1.165, 1.54) is 37.1 Å². The Kier molecular flexibility index (Phi) is 7.18. The van der Waals surface area contributed by atoms with Gasteiger partial charge in [0, 0.05) is 26.0 Å². The average molecular weight is 372 g/mol. The summed E-state index contributed by atoms with van der Waals surface area (Å²) in [5.41, 5.74) is 0.435. The van der Waals surface area contributed by atoms with Crippen LogP contribution in [0, 0.1) is 0 Å². The molecule has 8 nitrogen and oxygen atoms in total. The average Bonchev–Trinajstić information content (AvgIpc) is 2.59. The lowest BCUT2D eigenvalue weighted by Crippen LogP contribution is -3.14. The molecule has 1 heterocycles. The van der Waals surface area contributed by atoms with E-state index in [9.17, 15) is 13.2 Å². The van der Waals surface area contributed by atoms with E-state index >= 15 is 0 Å². The van der Waals surface area contributed by atoms with Crippen molar-refractivity contribution >= 4 is 21.6 Å². The maximum absolute atomic E-state index is 12.4. The van der Waals surface area contributed by atoms with Gasteiger partial charge in [0.1, 0.15) is 18.8 Å². The van der Waals surface area contributed by atoms with Gasteiger partial charge in [0.25, 0.3) is 0 Å². The first-order chi connectivity index (χ1) is 11.9. The van der Waals surface area contributed by atoms with E-state index in [0.717, 1.165) is 39.3 Å². The van der Waals surface area contributed by atoms with E-state index in [1.807, 2.05) is 0 Å². The maximum atomic E-state index is 12.4. The van der Waals surface area contributed by atoms with Crippen LogP contribution in [0.2, 0.25) is 0 Å². The molecule has 25 heavy (non-hydrogen) atoms. The number of benzene rings is 1. The van der Waals surface area contributed by atoms with Gasteiger partial charge < -0.3 is 19.7 Å². The minimum absolute atomic E-state index is 0.108. The van der Waals surface area contributed by atoms with Crippen molar-refractivity contribution in [3.8, 4) is 5.75 Å². The fraction of sp³-hybridized carbons (Fsp3) is 0.562. The summed E-state index contributed by atoms with van der Waals surface area (Å²) < 4.78 is 37.9. The number of hydrogen-bond donors (Lipinski definition) is 3. The SMILES string of the molecule is COc1cc(S(=O)(=O)NCCC[NH+]2CCOCC2)ccc1NC(C)=O. The van der Waals surface area contributed by atoms with Crippen molar-refractivity contribution in [1.29, 1.82) is 0 Å². The van der Waals surface area contributed by atoms with Gasteiger partial charge >= 0.3 is 0 Å². The zero-order chi connectivity index (χ0) is 18.3. The second kappa shape index (κ2) is 9.14. The Balaban J connectivity index is 1.92. The molecule has 0 aliphatic carbocycles. The summed E-state index contributed by atoms with van der Waals surface area (Å²) in [5, 5.41) is 2.60. The molecular weight excluding hydrogens is 346 g/mol. The highest BCUT2D eigenvalue weighted by Gasteiger charge is 2.18. The first-order valence-corrected chi connectivity index (χ1v) is 9.77. The molecule has 0 unspecified atom stereocenters. The first-order valence-electron chi connectivity index (χ1n) is 8.29.